The van der Waals surface area contributed by atoms with E-state index in [1.165, 1.54) is 12.1 Å². The molecule has 3 nitrogen and oxygen atoms in total. The zero-order valence-electron chi connectivity index (χ0n) is 10.9. The predicted molar refractivity (Wildman–Crippen MR) is 72.1 cm³/mol. The van der Waals surface area contributed by atoms with Crippen molar-refractivity contribution in [1.29, 1.82) is 0 Å². The van der Waals surface area contributed by atoms with Gasteiger partial charge in [-0.2, -0.15) is 13.2 Å². The third-order valence-electron chi connectivity index (χ3n) is 3.32. The fourth-order valence-corrected chi connectivity index (χ4v) is 2.19. The number of alkyl halides is 3. The molecule has 0 bridgehead atoms. The summed E-state index contributed by atoms with van der Waals surface area (Å²) >= 11 is 0. The van der Waals surface area contributed by atoms with Crippen molar-refractivity contribution in [2.24, 2.45) is 0 Å². The molecule has 1 heterocycles. The van der Waals surface area contributed by atoms with Crippen molar-refractivity contribution in [3.8, 4) is 0 Å². The van der Waals surface area contributed by atoms with Crippen LogP contribution in [0.25, 0.3) is 0 Å². The van der Waals surface area contributed by atoms with Crippen molar-refractivity contribution < 1.29 is 18.0 Å². The van der Waals surface area contributed by atoms with Gasteiger partial charge in [-0.25, -0.2) is 0 Å². The number of hydrogen-bond acceptors (Lipinski definition) is 2. The molecule has 0 spiro atoms. The lowest BCUT2D eigenvalue weighted by Gasteiger charge is -2.17. The second-order valence-corrected chi connectivity index (χ2v) is 4.60. The summed E-state index contributed by atoms with van der Waals surface area (Å²) in [7, 11) is 1.81. The van der Waals surface area contributed by atoms with E-state index in [9.17, 15) is 18.0 Å². The molecule has 0 radical (unpaired) electrons. The molecule has 1 fully saturated rings. The van der Waals surface area contributed by atoms with Crippen LogP contribution in [0.5, 0.6) is 0 Å². The molecule has 20 heavy (non-hydrogen) atoms. The van der Waals surface area contributed by atoms with E-state index >= 15 is 0 Å². The SMILES string of the molecule is CN[C@H]1CCN(C(=O)c2cccc(C(F)(F)F)c2)C1.Cl. The molecule has 7 heteroatoms. The molecule has 0 aromatic heterocycles. The average molecular weight is 309 g/mol. The Morgan fingerprint density at radius 1 is 1.40 bits per heavy atom. The number of halogens is 4. The van der Waals surface area contributed by atoms with Gasteiger partial charge in [0.1, 0.15) is 0 Å². The second-order valence-electron chi connectivity index (χ2n) is 4.60. The highest BCUT2D eigenvalue weighted by molar-refractivity contribution is 5.94. The Hall–Kier alpha value is -1.27. The Balaban J connectivity index is 0.00000200. The molecule has 0 saturated carbocycles. The summed E-state index contributed by atoms with van der Waals surface area (Å²) in [6, 6.07) is 4.78. The Kier molecular flexibility index (Phi) is 5.42. The van der Waals surface area contributed by atoms with Crippen molar-refractivity contribution in [1.82, 2.24) is 10.2 Å². The Labute approximate surface area is 121 Å². The molecule has 1 aromatic carbocycles. The highest BCUT2D eigenvalue weighted by Crippen LogP contribution is 2.30. The smallest absolute Gasteiger partial charge is 0.337 e. The number of likely N-dealkylation sites (N-methyl/N-ethyl adjacent to an activating group) is 1. The van der Waals surface area contributed by atoms with E-state index in [-0.39, 0.29) is 29.9 Å². The fourth-order valence-electron chi connectivity index (χ4n) is 2.19. The normalized spacial score (nSPS) is 18.8. The van der Waals surface area contributed by atoms with Crippen LogP contribution in [-0.2, 0) is 6.18 Å². The number of nitrogens with one attached hydrogen (secondary N) is 1. The zero-order chi connectivity index (χ0) is 14.0. The molecular formula is C13H16ClF3N2O. The standard InChI is InChI=1S/C13H15F3N2O.ClH/c1-17-11-5-6-18(8-11)12(19)9-3-2-4-10(7-9)13(14,15)16;/h2-4,7,11,17H,5-6,8H2,1H3;1H/t11-;/m0./s1. The third kappa shape index (κ3) is 3.64. The van der Waals surface area contributed by atoms with E-state index < -0.39 is 11.7 Å². The van der Waals surface area contributed by atoms with Crippen LogP contribution in [-0.4, -0.2) is 37.0 Å². The average Bonchev–Trinajstić information content (AvgIpc) is 2.86. The molecule has 0 aliphatic carbocycles. The minimum atomic E-state index is -4.42. The highest BCUT2D eigenvalue weighted by Gasteiger charge is 2.32. The molecule has 2 rings (SSSR count). The lowest BCUT2D eigenvalue weighted by atomic mass is 10.1. The topological polar surface area (TPSA) is 32.3 Å². The number of likely N-dealkylation sites (tertiary alicyclic amines) is 1. The van der Waals surface area contributed by atoms with Crippen LogP contribution in [0.15, 0.2) is 24.3 Å². The molecule has 1 aromatic rings. The lowest BCUT2D eigenvalue weighted by molar-refractivity contribution is -0.137. The van der Waals surface area contributed by atoms with Crippen LogP contribution >= 0.6 is 12.4 Å². The largest absolute Gasteiger partial charge is 0.416 e. The summed E-state index contributed by atoms with van der Waals surface area (Å²) in [6.07, 6.45) is -3.60. The molecular weight excluding hydrogens is 293 g/mol. The Morgan fingerprint density at radius 2 is 2.10 bits per heavy atom. The summed E-state index contributed by atoms with van der Waals surface area (Å²) in [6.45, 7) is 1.10. The van der Waals surface area contributed by atoms with Gasteiger partial charge < -0.3 is 10.2 Å². The first-order valence-corrected chi connectivity index (χ1v) is 6.05. The van der Waals surface area contributed by atoms with E-state index in [0.29, 0.717) is 13.1 Å². The van der Waals surface area contributed by atoms with Gasteiger partial charge in [0, 0.05) is 24.7 Å². The van der Waals surface area contributed by atoms with Crippen LogP contribution in [0.3, 0.4) is 0 Å². The summed E-state index contributed by atoms with van der Waals surface area (Å²) in [4.78, 5) is 13.7. The molecule has 112 valence electrons. The van der Waals surface area contributed by atoms with Crippen LogP contribution < -0.4 is 5.32 Å². The van der Waals surface area contributed by atoms with E-state index in [2.05, 4.69) is 5.32 Å². The third-order valence-corrected chi connectivity index (χ3v) is 3.32. The van der Waals surface area contributed by atoms with Crippen LogP contribution in [0, 0.1) is 0 Å². The van der Waals surface area contributed by atoms with Gasteiger partial charge >= 0.3 is 6.18 Å². The van der Waals surface area contributed by atoms with Crippen LogP contribution in [0.2, 0.25) is 0 Å². The second kappa shape index (κ2) is 6.45. The minimum Gasteiger partial charge on any atom is -0.337 e. The van der Waals surface area contributed by atoms with Gasteiger partial charge in [-0.3, -0.25) is 4.79 Å². The first-order valence-electron chi connectivity index (χ1n) is 6.05. The zero-order valence-corrected chi connectivity index (χ0v) is 11.7. The summed E-state index contributed by atoms with van der Waals surface area (Å²) in [5, 5.41) is 3.06. The molecule has 1 N–H and O–H groups in total. The Morgan fingerprint density at radius 3 is 2.65 bits per heavy atom. The van der Waals surface area contributed by atoms with Crippen LogP contribution in [0.1, 0.15) is 22.3 Å². The molecule has 1 aliphatic heterocycles. The molecule has 1 amide bonds. The van der Waals surface area contributed by atoms with Gasteiger partial charge in [-0.05, 0) is 31.7 Å². The van der Waals surface area contributed by atoms with Crippen molar-refractivity contribution >= 4 is 18.3 Å². The molecule has 1 saturated heterocycles. The summed E-state index contributed by atoms with van der Waals surface area (Å²) in [5.74, 6) is -0.344. The van der Waals surface area contributed by atoms with E-state index in [0.717, 1.165) is 18.6 Å². The van der Waals surface area contributed by atoms with E-state index in [1.54, 1.807) is 4.90 Å². The van der Waals surface area contributed by atoms with Crippen LogP contribution in [0.4, 0.5) is 13.2 Å². The predicted octanol–water partition coefficient (Wildman–Crippen LogP) is 2.56. The highest BCUT2D eigenvalue weighted by atomic mass is 35.5. The summed E-state index contributed by atoms with van der Waals surface area (Å²) in [5.41, 5.74) is -0.700. The maximum absolute atomic E-state index is 12.6. The number of benzene rings is 1. The first kappa shape index (κ1) is 16.8. The monoisotopic (exact) mass is 308 g/mol. The van der Waals surface area contributed by atoms with Gasteiger partial charge in [-0.1, -0.05) is 6.07 Å². The van der Waals surface area contributed by atoms with Crippen molar-refractivity contribution in [2.75, 3.05) is 20.1 Å². The number of carbonyl (C=O) groups excluding carboxylic acids is 1. The van der Waals surface area contributed by atoms with Gasteiger partial charge in [-0.15, -0.1) is 12.4 Å². The van der Waals surface area contributed by atoms with E-state index in [4.69, 9.17) is 0 Å². The number of amides is 1. The number of rotatable bonds is 2. The fraction of sp³-hybridized carbons (Fsp3) is 0.462. The van der Waals surface area contributed by atoms with Crippen molar-refractivity contribution in [3.63, 3.8) is 0 Å². The molecule has 1 aliphatic rings. The molecule has 0 unspecified atom stereocenters. The summed E-state index contributed by atoms with van der Waals surface area (Å²) < 4.78 is 37.8. The van der Waals surface area contributed by atoms with E-state index in [1.807, 2.05) is 7.05 Å². The number of carbonyl (C=O) groups is 1. The lowest BCUT2D eigenvalue weighted by Crippen LogP contribution is -2.33. The first-order chi connectivity index (χ1) is 8.91. The van der Waals surface area contributed by atoms with Gasteiger partial charge in [0.15, 0.2) is 0 Å². The van der Waals surface area contributed by atoms with Crippen molar-refractivity contribution in [3.05, 3.63) is 35.4 Å². The molecule has 1 atom stereocenters. The van der Waals surface area contributed by atoms with Gasteiger partial charge in [0.25, 0.3) is 5.91 Å². The van der Waals surface area contributed by atoms with Gasteiger partial charge in [0.05, 0.1) is 5.56 Å². The Bertz CT molecular complexity index is 479. The maximum Gasteiger partial charge on any atom is 0.416 e. The number of nitrogens with zero attached hydrogens (tertiary/aromatic N) is 1. The number of hydrogen-bond donors (Lipinski definition) is 1. The van der Waals surface area contributed by atoms with Gasteiger partial charge in [0.2, 0.25) is 0 Å². The maximum atomic E-state index is 12.6. The minimum absolute atomic E-state index is 0. The van der Waals surface area contributed by atoms with Crippen molar-refractivity contribution in [2.45, 2.75) is 18.6 Å². The quantitative estimate of drug-likeness (QED) is 0.911.